The number of halogens is 6. The van der Waals surface area contributed by atoms with Crippen molar-refractivity contribution < 1.29 is 22.0 Å². The van der Waals surface area contributed by atoms with Crippen LogP contribution in [0.15, 0.2) is 36.4 Å². The quantitative estimate of drug-likeness (QED) is 0.468. The van der Waals surface area contributed by atoms with E-state index in [0.29, 0.717) is 11.1 Å². The highest BCUT2D eigenvalue weighted by atomic mass is 79.9. The summed E-state index contributed by atoms with van der Waals surface area (Å²) in [6.07, 6.45) is -4.76. The zero-order valence-corrected chi connectivity index (χ0v) is 12.4. The number of aryl methyl sites for hydroxylation is 1. The molecule has 2 rings (SSSR count). The predicted molar refractivity (Wildman–Crippen MR) is 73.3 cm³/mol. The second-order valence-corrected chi connectivity index (χ2v) is 5.52. The van der Waals surface area contributed by atoms with E-state index in [9.17, 15) is 22.0 Å². The highest BCUT2D eigenvalue weighted by Crippen LogP contribution is 2.37. The number of hydrogen-bond donors (Lipinski definition) is 0. The fourth-order valence-electron chi connectivity index (χ4n) is 1.94. The zero-order chi connectivity index (χ0) is 15.8. The molecule has 0 aromatic heterocycles. The predicted octanol–water partition coefficient (Wildman–Crippen LogP) is 5.78. The molecule has 6 heteroatoms. The Labute approximate surface area is 126 Å². The summed E-state index contributed by atoms with van der Waals surface area (Å²) in [7, 11) is 0. The van der Waals surface area contributed by atoms with Gasteiger partial charge in [-0.05, 0) is 41.8 Å². The lowest BCUT2D eigenvalue weighted by molar-refractivity contribution is -0.140. The molecule has 0 spiro atoms. The lowest BCUT2D eigenvalue weighted by Gasteiger charge is -2.15. The zero-order valence-electron chi connectivity index (χ0n) is 10.8. The summed E-state index contributed by atoms with van der Waals surface area (Å²) in [5.74, 6) is -1.71. The van der Waals surface area contributed by atoms with Crippen molar-refractivity contribution in [1.82, 2.24) is 0 Å². The van der Waals surface area contributed by atoms with E-state index >= 15 is 0 Å². The molecule has 0 fully saturated rings. The first-order chi connectivity index (χ1) is 9.70. The van der Waals surface area contributed by atoms with E-state index in [1.807, 2.05) is 0 Å². The molecule has 0 heterocycles. The van der Waals surface area contributed by atoms with Crippen molar-refractivity contribution >= 4 is 15.9 Å². The smallest absolute Gasteiger partial charge is 0.207 e. The van der Waals surface area contributed by atoms with Crippen molar-refractivity contribution in [2.75, 3.05) is 0 Å². The van der Waals surface area contributed by atoms with E-state index in [-0.39, 0.29) is 5.56 Å². The van der Waals surface area contributed by atoms with Crippen LogP contribution in [0.4, 0.5) is 22.0 Å². The average Bonchev–Trinajstić information content (AvgIpc) is 2.40. The molecule has 0 saturated carbocycles. The first-order valence-corrected chi connectivity index (χ1v) is 6.88. The Hall–Kier alpha value is -1.43. The Morgan fingerprint density at radius 1 is 0.905 bits per heavy atom. The summed E-state index contributed by atoms with van der Waals surface area (Å²) in [6, 6.07) is 7.05. The maximum atomic E-state index is 13.3. The summed E-state index contributed by atoms with van der Waals surface area (Å²) in [6.45, 7) is 1.56. The van der Waals surface area contributed by atoms with E-state index in [4.69, 9.17) is 0 Å². The number of alkyl halides is 4. The Bertz CT molecular complexity index is 664. The average molecular weight is 365 g/mol. The van der Waals surface area contributed by atoms with Gasteiger partial charge >= 0.3 is 6.18 Å². The largest absolute Gasteiger partial charge is 0.419 e. The second-order valence-electron chi connectivity index (χ2n) is 4.61. The normalized spacial score (nSPS) is 13.3. The standard InChI is InChI=1S/C15H10BrF5/c1-8-6-9(2-4-12(8)17)14(16)10-3-5-13(18)11(7-10)15(19,20)21/h2-7,14H,1H3. The number of benzene rings is 2. The van der Waals surface area contributed by atoms with Gasteiger partial charge < -0.3 is 0 Å². The van der Waals surface area contributed by atoms with Crippen LogP contribution in [0.25, 0.3) is 0 Å². The minimum atomic E-state index is -4.76. The third-order valence-electron chi connectivity index (χ3n) is 3.06. The minimum Gasteiger partial charge on any atom is -0.207 e. The molecule has 0 nitrogen and oxygen atoms in total. The van der Waals surface area contributed by atoms with Gasteiger partial charge in [0.15, 0.2) is 0 Å². The minimum absolute atomic E-state index is 0.245. The molecule has 21 heavy (non-hydrogen) atoms. The first kappa shape index (κ1) is 15.9. The molecule has 112 valence electrons. The van der Waals surface area contributed by atoms with Gasteiger partial charge in [-0.25, -0.2) is 8.78 Å². The Morgan fingerprint density at radius 2 is 1.43 bits per heavy atom. The van der Waals surface area contributed by atoms with Crippen molar-refractivity contribution in [2.24, 2.45) is 0 Å². The number of hydrogen-bond acceptors (Lipinski definition) is 0. The maximum absolute atomic E-state index is 13.3. The van der Waals surface area contributed by atoms with Crippen LogP contribution in [-0.4, -0.2) is 0 Å². The highest BCUT2D eigenvalue weighted by Gasteiger charge is 2.34. The van der Waals surface area contributed by atoms with Gasteiger partial charge in [-0.15, -0.1) is 0 Å². The van der Waals surface area contributed by atoms with Crippen molar-refractivity contribution in [1.29, 1.82) is 0 Å². The molecule has 0 bridgehead atoms. The van der Waals surface area contributed by atoms with Gasteiger partial charge in [0, 0.05) is 0 Å². The Morgan fingerprint density at radius 3 is 1.95 bits per heavy atom. The van der Waals surface area contributed by atoms with Gasteiger partial charge in [-0.1, -0.05) is 34.1 Å². The van der Waals surface area contributed by atoms with Crippen molar-refractivity contribution in [2.45, 2.75) is 17.9 Å². The summed E-state index contributed by atoms with van der Waals surface area (Å²) < 4.78 is 64.6. The summed E-state index contributed by atoms with van der Waals surface area (Å²) in [5, 5.41) is 0. The molecule has 2 aromatic carbocycles. The highest BCUT2D eigenvalue weighted by molar-refractivity contribution is 9.09. The van der Waals surface area contributed by atoms with Crippen LogP contribution in [0.2, 0.25) is 0 Å². The van der Waals surface area contributed by atoms with Crippen LogP contribution in [0.5, 0.6) is 0 Å². The summed E-state index contributed by atoms with van der Waals surface area (Å²) >= 11 is 3.27. The van der Waals surface area contributed by atoms with E-state index < -0.39 is 28.2 Å². The van der Waals surface area contributed by atoms with Gasteiger partial charge in [-0.2, -0.15) is 13.2 Å². The van der Waals surface area contributed by atoms with E-state index in [2.05, 4.69) is 15.9 Å². The SMILES string of the molecule is Cc1cc(C(Br)c2ccc(F)c(C(F)(F)F)c2)ccc1F. The van der Waals surface area contributed by atoms with E-state index in [1.54, 1.807) is 6.92 Å². The fraction of sp³-hybridized carbons (Fsp3) is 0.200. The third-order valence-corrected chi connectivity index (χ3v) is 4.12. The maximum Gasteiger partial charge on any atom is 0.419 e. The van der Waals surface area contributed by atoms with Crippen LogP contribution in [0.1, 0.15) is 27.1 Å². The third kappa shape index (κ3) is 3.43. The van der Waals surface area contributed by atoms with Crippen LogP contribution in [0.3, 0.4) is 0 Å². The second kappa shape index (κ2) is 5.75. The molecule has 0 aliphatic heterocycles. The van der Waals surface area contributed by atoms with Crippen LogP contribution >= 0.6 is 15.9 Å². The molecule has 0 radical (unpaired) electrons. The van der Waals surface area contributed by atoms with Crippen LogP contribution < -0.4 is 0 Å². The van der Waals surface area contributed by atoms with Gasteiger partial charge in [-0.3, -0.25) is 0 Å². The van der Waals surface area contributed by atoms with E-state index in [1.165, 1.54) is 24.3 Å². The lowest BCUT2D eigenvalue weighted by Crippen LogP contribution is -2.09. The van der Waals surface area contributed by atoms with Crippen molar-refractivity contribution in [3.63, 3.8) is 0 Å². The van der Waals surface area contributed by atoms with Crippen molar-refractivity contribution in [3.05, 3.63) is 70.3 Å². The van der Waals surface area contributed by atoms with Gasteiger partial charge in [0.1, 0.15) is 11.6 Å². The molecular weight excluding hydrogens is 355 g/mol. The monoisotopic (exact) mass is 364 g/mol. The molecule has 2 aromatic rings. The summed E-state index contributed by atoms with van der Waals surface area (Å²) in [5.41, 5.74) is -0.0956. The molecule has 1 unspecified atom stereocenters. The van der Waals surface area contributed by atoms with Crippen LogP contribution in [0, 0.1) is 18.6 Å². The molecule has 0 amide bonds. The number of rotatable bonds is 2. The topological polar surface area (TPSA) is 0 Å². The van der Waals surface area contributed by atoms with Crippen LogP contribution in [-0.2, 0) is 6.18 Å². The Balaban J connectivity index is 2.44. The molecular formula is C15H10BrF5. The van der Waals surface area contributed by atoms with Gasteiger partial charge in [0.05, 0.1) is 10.4 Å². The first-order valence-electron chi connectivity index (χ1n) is 5.97. The lowest BCUT2D eigenvalue weighted by atomic mass is 10.0. The van der Waals surface area contributed by atoms with Crippen molar-refractivity contribution in [3.8, 4) is 0 Å². The molecule has 1 atom stereocenters. The molecule has 0 N–H and O–H groups in total. The Kier molecular flexibility index (Phi) is 4.37. The molecule has 0 saturated heterocycles. The molecule has 0 aliphatic rings. The fourth-order valence-corrected chi connectivity index (χ4v) is 2.51. The van der Waals surface area contributed by atoms with E-state index in [0.717, 1.165) is 12.1 Å². The van der Waals surface area contributed by atoms with Gasteiger partial charge in [0.25, 0.3) is 0 Å². The van der Waals surface area contributed by atoms with Gasteiger partial charge in [0.2, 0.25) is 0 Å². The molecule has 0 aliphatic carbocycles. The summed E-state index contributed by atoms with van der Waals surface area (Å²) in [4.78, 5) is -0.585.